The van der Waals surface area contributed by atoms with Gasteiger partial charge in [-0.3, -0.25) is 4.79 Å². The number of ether oxygens (including phenoxy) is 2. The molecule has 7 nitrogen and oxygen atoms in total. The number of carbonyl (C=O) groups is 1. The predicted molar refractivity (Wildman–Crippen MR) is 140 cm³/mol. The van der Waals surface area contributed by atoms with E-state index in [0.29, 0.717) is 11.5 Å². The molecule has 0 aromatic heterocycles. The Morgan fingerprint density at radius 1 is 0.972 bits per heavy atom. The Bertz CT molecular complexity index is 1410. The van der Waals surface area contributed by atoms with Crippen molar-refractivity contribution in [3.63, 3.8) is 0 Å². The highest BCUT2D eigenvalue weighted by Gasteiger charge is 2.51. The van der Waals surface area contributed by atoms with Crippen molar-refractivity contribution in [2.24, 2.45) is 0 Å². The lowest BCUT2D eigenvalue weighted by molar-refractivity contribution is -0.118. The van der Waals surface area contributed by atoms with Crippen LogP contribution in [0.3, 0.4) is 0 Å². The Kier molecular flexibility index (Phi) is 6.26. The number of benzene rings is 3. The van der Waals surface area contributed by atoms with Crippen molar-refractivity contribution in [1.29, 1.82) is 0 Å². The molecule has 1 heterocycles. The van der Waals surface area contributed by atoms with Crippen molar-refractivity contribution in [1.82, 2.24) is 4.72 Å². The number of rotatable bonds is 8. The third-order valence-electron chi connectivity index (χ3n) is 6.97. The van der Waals surface area contributed by atoms with Crippen LogP contribution < -0.4 is 19.5 Å². The van der Waals surface area contributed by atoms with Gasteiger partial charge in [0, 0.05) is 12.2 Å². The van der Waals surface area contributed by atoms with Crippen molar-refractivity contribution in [3.8, 4) is 22.6 Å². The molecule has 3 aromatic rings. The van der Waals surface area contributed by atoms with Gasteiger partial charge in [0.1, 0.15) is 0 Å². The van der Waals surface area contributed by atoms with Crippen LogP contribution in [0.1, 0.15) is 43.4 Å². The fraction of sp³-hybridized carbons (Fsp3) is 0.321. The second kappa shape index (κ2) is 9.26. The Balaban J connectivity index is 1.31. The SMILES string of the molecule is Cc1ccc(NC(=O)C2(c3ccc4c(c3)OCO4)CC2)cc1-c1ccc(CNS(=O)(=O)C(C)C)cc1. The Labute approximate surface area is 211 Å². The molecule has 1 amide bonds. The maximum atomic E-state index is 13.3. The summed E-state index contributed by atoms with van der Waals surface area (Å²) in [6, 6.07) is 19.4. The van der Waals surface area contributed by atoms with Gasteiger partial charge < -0.3 is 14.8 Å². The highest BCUT2D eigenvalue weighted by molar-refractivity contribution is 7.90. The van der Waals surface area contributed by atoms with Crippen LogP contribution in [-0.2, 0) is 26.8 Å². The number of aryl methyl sites for hydroxylation is 1. The molecule has 2 N–H and O–H groups in total. The van der Waals surface area contributed by atoms with Gasteiger partial charge >= 0.3 is 0 Å². The minimum Gasteiger partial charge on any atom is -0.454 e. The van der Waals surface area contributed by atoms with E-state index in [0.717, 1.165) is 46.3 Å². The number of hydrogen-bond donors (Lipinski definition) is 2. The lowest BCUT2D eigenvalue weighted by Crippen LogP contribution is -2.30. The summed E-state index contributed by atoms with van der Waals surface area (Å²) in [7, 11) is -3.32. The van der Waals surface area contributed by atoms with Crippen LogP contribution in [0.15, 0.2) is 60.7 Å². The van der Waals surface area contributed by atoms with E-state index in [2.05, 4.69) is 10.0 Å². The first-order chi connectivity index (χ1) is 17.2. The van der Waals surface area contributed by atoms with Crippen LogP contribution in [-0.4, -0.2) is 26.4 Å². The molecule has 0 atom stereocenters. The zero-order chi connectivity index (χ0) is 25.5. The highest BCUT2D eigenvalue weighted by atomic mass is 32.2. The molecule has 0 bridgehead atoms. The fourth-order valence-corrected chi connectivity index (χ4v) is 5.08. The van der Waals surface area contributed by atoms with Crippen molar-refractivity contribution < 1.29 is 22.7 Å². The zero-order valence-corrected chi connectivity index (χ0v) is 21.4. The van der Waals surface area contributed by atoms with Gasteiger partial charge in [0.25, 0.3) is 0 Å². The second-order valence-electron chi connectivity index (χ2n) is 9.75. The molecule has 2 aliphatic rings. The van der Waals surface area contributed by atoms with E-state index in [1.54, 1.807) is 13.8 Å². The summed E-state index contributed by atoms with van der Waals surface area (Å²) in [6.07, 6.45) is 1.58. The summed E-state index contributed by atoms with van der Waals surface area (Å²) >= 11 is 0. The van der Waals surface area contributed by atoms with Gasteiger partial charge in [0.05, 0.1) is 10.7 Å². The molecule has 1 saturated carbocycles. The lowest BCUT2D eigenvalue weighted by atomic mass is 9.94. The second-order valence-corrected chi connectivity index (χ2v) is 12.1. The average molecular weight is 507 g/mol. The first kappa shape index (κ1) is 24.3. The van der Waals surface area contributed by atoms with Crippen LogP contribution in [0.4, 0.5) is 5.69 Å². The summed E-state index contributed by atoms with van der Waals surface area (Å²) < 4.78 is 37.6. The summed E-state index contributed by atoms with van der Waals surface area (Å²) in [5, 5.41) is 2.64. The van der Waals surface area contributed by atoms with Crippen LogP contribution in [0.5, 0.6) is 11.5 Å². The Hall–Kier alpha value is -3.36. The van der Waals surface area contributed by atoms with E-state index >= 15 is 0 Å². The number of fused-ring (bicyclic) bond motifs is 1. The summed E-state index contributed by atoms with van der Waals surface area (Å²) in [4.78, 5) is 13.3. The number of sulfonamides is 1. The van der Waals surface area contributed by atoms with Crippen molar-refractivity contribution in [2.45, 2.75) is 50.8 Å². The highest BCUT2D eigenvalue weighted by Crippen LogP contribution is 2.51. The van der Waals surface area contributed by atoms with Crippen molar-refractivity contribution in [2.75, 3.05) is 12.1 Å². The molecule has 8 heteroatoms. The van der Waals surface area contributed by atoms with Gasteiger partial charge in [0.2, 0.25) is 22.7 Å². The molecule has 1 fully saturated rings. The van der Waals surface area contributed by atoms with Crippen LogP contribution in [0, 0.1) is 6.92 Å². The Morgan fingerprint density at radius 3 is 2.39 bits per heavy atom. The molecule has 3 aromatic carbocycles. The molecule has 0 saturated heterocycles. The zero-order valence-electron chi connectivity index (χ0n) is 20.6. The van der Waals surface area contributed by atoms with Gasteiger partial charge in [-0.2, -0.15) is 0 Å². The smallest absolute Gasteiger partial charge is 0.235 e. The van der Waals surface area contributed by atoms with Gasteiger partial charge in [-0.05, 0) is 85.7 Å². The summed E-state index contributed by atoms with van der Waals surface area (Å²) in [6.45, 7) is 5.79. The topological polar surface area (TPSA) is 93.7 Å². The van der Waals surface area contributed by atoms with Crippen LogP contribution >= 0.6 is 0 Å². The number of nitrogens with one attached hydrogen (secondary N) is 2. The Morgan fingerprint density at radius 2 is 1.69 bits per heavy atom. The molecular formula is C28H30N2O5S. The number of anilines is 1. The largest absolute Gasteiger partial charge is 0.454 e. The maximum Gasteiger partial charge on any atom is 0.235 e. The molecule has 0 radical (unpaired) electrons. The quantitative estimate of drug-likeness (QED) is 0.454. The maximum absolute atomic E-state index is 13.3. The monoisotopic (exact) mass is 506 g/mol. The summed E-state index contributed by atoms with van der Waals surface area (Å²) in [5.74, 6) is 1.37. The minimum absolute atomic E-state index is 0.0241. The molecule has 5 rings (SSSR count). The van der Waals surface area contributed by atoms with Gasteiger partial charge in [-0.25, -0.2) is 13.1 Å². The van der Waals surface area contributed by atoms with Crippen LogP contribution in [0.25, 0.3) is 11.1 Å². The normalized spacial score (nSPS) is 15.7. The van der Waals surface area contributed by atoms with E-state index in [4.69, 9.17) is 9.47 Å². The van der Waals surface area contributed by atoms with Crippen molar-refractivity contribution in [3.05, 3.63) is 77.4 Å². The molecule has 0 spiro atoms. The van der Waals surface area contributed by atoms with E-state index < -0.39 is 20.7 Å². The van der Waals surface area contributed by atoms with Gasteiger partial charge in [-0.1, -0.05) is 36.4 Å². The molecule has 0 unspecified atom stereocenters. The van der Waals surface area contributed by atoms with Gasteiger partial charge in [0.15, 0.2) is 11.5 Å². The van der Waals surface area contributed by atoms with Crippen LogP contribution in [0.2, 0.25) is 0 Å². The van der Waals surface area contributed by atoms with E-state index in [9.17, 15) is 13.2 Å². The first-order valence-electron chi connectivity index (χ1n) is 12.1. The number of hydrogen-bond acceptors (Lipinski definition) is 5. The summed E-state index contributed by atoms with van der Waals surface area (Å²) in [5.41, 5.74) is 5.10. The molecule has 1 aliphatic carbocycles. The average Bonchev–Trinajstić information content (AvgIpc) is 3.55. The van der Waals surface area contributed by atoms with Crippen molar-refractivity contribution >= 4 is 21.6 Å². The number of carbonyl (C=O) groups excluding carboxylic acids is 1. The standard InChI is InChI=1S/C28H30N2O5S/c1-18(2)36(32,33)29-16-20-5-7-21(8-6-20)24-15-23(10-4-19(24)3)30-27(31)28(12-13-28)22-9-11-25-26(14-22)35-17-34-25/h4-11,14-15,18,29H,12-13,16-17H2,1-3H3,(H,30,31). The third-order valence-corrected chi connectivity index (χ3v) is 8.76. The number of amides is 1. The van der Waals surface area contributed by atoms with E-state index in [-0.39, 0.29) is 19.2 Å². The van der Waals surface area contributed by atoms with E-state index in [1.165, 1.54) is 0 Å². The lowest BCUT2D eigenvalue weighted by Gasteiger charge is -2.17. The molecule has 1 aliphatic heterocycles. The minimum atomic E-state index is -3.32. The molecule has 188 valence electrons. The van der Waals surface area contributed by atoms with Gasteiger partial charge in [-0.15, -0.1) is 0 Å². The third kappa shape index (κ3) is 4.70. The fourth-order valence-electron chi connectivity index (χ4n) is 4.38. The van der Waals surface area contributed by atoms with E-state index in [1.807, 2.05) is 67.6 Å². The predicted octanol–water partition coefficient (Wildman–Crippen LogP) is 4.89. The molecular weight excluding hydrogens is 476 g/mol. The molecule has 36 heavy (non-hydrogen) atoms. The first-order valence-corrected chi connectivity index (χ1v) is 13.6.